The summed E-state index contributed by atoms with van der Waals surface area (Å²) >= 11 is 0. The molecule has 0 aliphatic heterocycles. The van der Waals surface area contributed by atoms with Crippen LogP contribution in [0.1, 0.15) is 12.5 Å². The van der Waals surface area contributed by atoms with E-state index in [4.69, 9.17) is 9.47 Å². The van der Waals surface area contributed by atoms with E-state index in [9.17, 15) is 0 Å². The molecule has 2 N–H and O–H groups in total. The van der Waals surface area contributed by atoms with Gasteiger partial charge in [-0.05, 0) is 31.2 Å². The van der Waals surface area contributed by atoms with Crippen LogP contribution in [0.3, 0.4) is 0 Å². The van der Waals surface area contributed by atoms with Crippen molar-refractivity contribution in [1.29, 1.82) is 0 Å². The number of benzene rings is 2. The van der Waals surface area contributed by atoms with Crippen LogP contribution in [0.15, 0.2) is 60.8 Å². The van der Waals surface area contributed by atoms with Gasteiger partial charge in [0.15, 0.2) is 0 Å². The van der Waals surface area contributed by atoms with Gasteiger partial charge in [0.2, 0.25) is 5.95 Å². The first-order valence-electron chi connectivity index (χ1n) is 8.48. The summed E-state index contributed by atoms with van der Waals surface area (Å²) in [6, 6.07) is 17.4. The zero-order valence-electron chi connectivity index (χ0n) is 14.9. The van der Waals surface area contributed by atoms with Crippen molar-refractivity contribution in [1.82, 2.24) is 9.97 Å². The van der Waals surface area contributed by atoms with Crippen LogP contribution in [0.2, 0.25) is 0 Å². The topological polar surface area (TPSA) is 68.3 Å². The van der Waals surface area contributed by atoms with Gasteiger partial charge in [0.1, 0.15) is 17.3 Å². The molecule has 2 aromatic carbocycles. The van der Waals surface area contributed by atoms with Gasteiger partial charge in [-0.3, -0.25) is 0 Å². The smallest absolute Gasteiger partial charge is 0.229 e. The third kappa shape index (κ3) is 4.42. The summed E-state index contributed by atoms with van der Waals surface area (Å²) in [6.45, 7) is 3.16. The zero-order valence-corrected chi connectivity index (χ0v) is 14.9. The average molecular weight is 350 g/mol. The van der Waals surface area contributed by atoms with E-state index in [0.29, 0.717) is 19.1 Å². The molecule has 6 nitrogen and oxygen atoms in total. The molecule has 0 unspecified atom stereocenters. The summed E-state index contributed by atoms with van der Waals surface area (Å²) < 4.78 is 11.0. The molecular weight excluding hydrogens is 328 g/mol. The lowest BCUT2D eigenvalue weighted by Gasteiger charge is -2.12. The van der Waals surface area contributed by atoms with Crippen molar-refractivity contribution in [2.24, 2.45) is 0 Å². The molecule has 1 heterocycles. The van der Waals surface area contributed by atoms with Crippen LogP contribution in [0.25, 0.3) is 0 Å². The van der Waals surface area contributed by atoms with E-state index >= 15 is 0 Å². The summed E-state index contributed by atoms with van der Waals surface area (Å²) in [4.78, 5) is 8.79. The number of methoxy groups -OCH3 is 1. The number of ether oxygens (including phenoxy) is 2. The van der Waals surface area contributed by atoms with Gasteiger partial charge in [0.05, 0.1) is 19.4 Å². The van der Waals surface area contributed by atoms with Crippen LogP contribution < -0.4 is 20.1 Å². The van der Waals surface area contributed by atoms with Gasteiger partial charge in [0.25, 0.3) is 0 Å². The fourth-order valence-corrected chi connectivity index (χ4v) is 2.52. The largest absolute Gasteiger partial charge is 0.496 e. The van der Waals surface area contributed by atoms with Gasteiger partial charge in [0, 0.05) is 18.3 Å². The van der Waals surface area contributed by atoms with Gasteiger partial charge in [-0.1, -0.05) is 30.3 Å². The highest BCUT2D eigenvalue weighted by atomic mass is 16.5. The van der Waals surface area contributed by atoms with E-state index in [1.165, 1.54) is 0 Å². The van der Waals surface area contributed by atoms with Gasteiger partial charge in [-0.2, -0.15) is 4.98 Å². The van der Waals surface area contributed by atoms with Crippen LogP contribution in [0.4, 0.5) is 17.5 Å². The van der Waals surface area contributed by atoms with Gasteiger partial charge < -0.3 is 20.1 Å². The Morgan fingerprint density at radius 3 is 2.54 bits per heavy atom. The predicted molar refractivity (Wildman–Crippen MR) is 103 cm³/mol. The standard InChI is InChI=1S/C20H22N4O2/c1-3-26-18-11-7-5-9-16(18)23-20-21-13-12-19(24-20)22-14-15-8-4-6-10-17(15)25-2/h4-13H,3,14H2,1-2H3,(H2,21,22,23,24). The molecule has 134 valence electrons. The van der Waals surface area contributed by atoms with Crippen molar-refractivity contribution in [2.45, 2.75) is 13.5 Å². The first-order valence-corrected chi connectivity index (χ1v) is 8.48. The third-order valence-corrected chi connectivity index (χ3v) is 3.74. The molecule has 3 aromatic rings. The van der Waals surface area contributed by atoms with Crippen LogP contribution >= 0.6 is 0 Å². The van der Waals surface area contributed by atoms with Crippen molar-refractivity contribution in [2.75, 3.05) is 24.4 Å². The number of hydrogen-bond acceptors (Lipinski definition) is 6. The number of hydrogen-bond donors (Lipinski definition) is 2. The average Bonchev–Trinajstić information content (AvgIpc) is 2.68. The minimum Gasteiger partial charge on any atom is -0.496 e. The summed E-state index contributed by atoms with van der Waals surface area (Å²) in [6.07, 6.45) is 1.71. The molecule has 26 heavy (non-hydrogen) atoms. The Kier molecular flexibility index (Phi) is 5.88. The second-order valence-corrected chi connectivity index (χ2v) is 5.49. The second-order valence-electron chi connectivity index (χ2n) is 5.49. The summed E-state index contributed by atoms with van der Waals surface area (Å²) in [5.74, 6) is 2.84. The first-order chi connectivity index (χ1) is 12.8. The predicted octanol–water partition coefficient (Wildman–Crippen LogP) is 4.24. The Bertz CT molecular complexity index is 854. The maximum absolute atomic E-state index is 5.62. The SMILES string of the molecule is CCOc1ccccc1Nc1nccc(NCc2ccccc2OC)n1. The molecule has 0 aliphatic rings. The van der Waals surface area contributed by atoms with Crippen molar-refractivity contribution in [3.8, 4) is 11.5 Å². The van der Waals surface area contributed by atoms with Crippen molar-refractivity contribution in [3.05, 3.63) is 66.4 Å². The molecule has 1 aromatic heterocycles. The maximum atomic E-state index is 5.62. The molecule has 6 heteroatoms. The van der Waals surface area contributed by atoms with E-state index in [0.717, 1.165) is 28.6 Å². The lowest BCUT2D eigenvalue weighted by Crippen LogP contribution is -2.06. The van der Waals surface area contributed by atoms with E-state index in [1.807, 2.05) is 61.5 Å². The normalized spacial score (nSPS) is 10.2. The summed E-state index contributed by atoms with van der Waals surface area (Å²) in [5.41, 5.74) is 1.89. The van der Waals surface area contributed by atoms with E-state index < -0.39 is 0 Å². The van der Waals surface area contributed by atoms with Crippen LogP contribution in [-0.2, 0) is 6.54 Å². The zero-order chi connectivity index (χ0) is 18.2. The Morgan fingerprint density at radius 2 is 1.73 bits per heavy atom. The Hall–Kier alpha value is -3.28. The number of nitrogens with one attached hydrogen (secondary N) is 2. The number of para-hydroxylation sites is 3. The Balaban J connectivity index is 1.71. The summed E-state index contributed by atoms with van der Waals surface area (Å²) in [5, 5.41) is 6.51. The lowest BCUT2D eigenvalue weighted by molar-refractivity contribution is 0.342. The number of anilines is 3. The molecule has 0 saturated carbocycles. The minimum absolute atomic E-state index is 0.502. The molecule has 3 rings (SSSR count). The molecule has 0 amide bonds. The highest BCUT2D eigenvalue weighted by Gasteiger charge is 2.06. The molecule has 0 atom stereocenters. The molecule has 0 aliphatic carbocycles. The van der Waals surface area contributed by atoms with Gasteiger partial charge in [-0.25, -0.2) is 4.98 Å². The van der Waals surface area contributed by atoms with Crippen molar-refractivity contribution >= 4 is 17.5 Å². The van der Waals surface area contributed by atoms with Crippen LogP contribution in [0, 0.1) is 0 Å². The molecule has 0 radical (unpaired) electrons. The van der Waals surface area contributed by atoms with Gasteiger partial charge in [-0.15, -0.1) is 0 Å². The fourth-order valence-electron chi connectivity index (χ4n) is 2.52. The molecular formula is C20H22N4O2. The number of nitrogens with zero attached hydrogens (tertiary/aromatic N) is 2. The lowest BCUT2D eigenvalue weighted by atomic mass is 10.2. The molecule has 0 spiro atoms. The van der Waals surface area contributed by atoms with Crippen LogP contribution in [0.5, 0.6) is 11.5 Å². The quantitative estimate of drug-likeness (QED) is 0.633. The fraction of sp³-hybridized carbons (Fsp3) is 0.200. The molecule has 0 saturated heterocycles. The van der Waals surface area contributed by atoms with Crippen molar-refractivity contribution in [3.63, 3.8) is 0 Å². The van der Waals surface area contributed by atoms with Crippen molar-refractivity contribution < 1.29 is 9.47 Å². The highest BCUT2D eigenvalue weighted by Crippen LogP contribution is 2.26. The Morgan fingerprint density at radius 1 is 0.962 bits per heavy atom. The molecule has 0 fully saturated rings. The van der Waals surface area contributed by atoms with E-state index in [1.54, 1.807) is 13.3 Å². The molecule has 0 bridgehead atoms. The maximum Gasteiger partial charge on any atom is 0.229 e. The van der Waals surface area contributed by atoms with E-state index in [2.05, 4.69) is 20.6 Å². The number of rotatable bonds is 8. The highest BCUT2D eigenvalue weighted by molar-refractivity contribution is 5.63. The first kappa shape index (κ1) is 17.5. The minimum atomic E-state index is 0.502. The van der Waals surface area contributed by atoms with Gasteiger partial charge >= 0.3 is 0 Å². The third-order valence-electron chi connectivity index (χ3n) is 3.74. The summed E-state index contributed by atoms with van der Waals surface area (Å²) in [7, 11) is 1.67. The Labute approximate surface area is 153 Å². The monoisotopic (exact) mass is 350 g/mol. The van der Waals surface area contributed by atoms with E-state index in [-0.39, 0.29) is 0 Å². The van der Waals surface area contributed by atoms with Crippen LogP contribution in [-0.4, -0.2) is 23.7 Å². The number of aromatic nitrogens is 2. The second kappa shape index (κ2) is 8.71.